The fourth-order valence-electron chi connectivity index (χ4n) is 4.00. The first-order valence-electron chi connectivity index (χ1n) is 10.1. The van der Waals surface area contributed by atoms with Crippen LogP contribution in [0.3, 0.4) is 0 Å². The lowest BCUT2D eigenvalue weighted by Crippen LogP contribution is -2.35. The number of halogens is 3. The largest absolute Gasteiger partial charge is 0.497 e. The van der Waals surface area contributed by atoms with Gasteiger partial charge in [-0.05, 0) is 50.2 Å². The molecule has 0 spiro atoms. The van der Waals surface area contributed by atoms with Gasteiger partial charge in [-0.15, -0.1) is 0 Å². The van der Waals surface area contributed by atoms with E-state index in [-0.39, 0.29) is 12.1 Å². The Kier molecular flexibility index (Phi) is 5.68. The van der Waals surface area contributed by atoms with Gasteiger partial charge in [0.25, 0.3) is 0 Å². The minimum atomic E-state index is -4.49. The maximum Gasteiger partial charge on any atom is 0.408 e. The SMILES string of the molecule is COc1ccc(-n2c(CN[C@H](c3c(C)nn(C)c3C)C(F)(F)F)nc3ccccc32)cc1. The van der Waals surface area contributed by atoms with Crippen molar-refractivity contribution < 1.29 is 17.9 Å². The van der Waals surface area contributed by atoms with Crippen LogP contribution in [0.2, 0.25) is 0 Å². The molecule has 0 bridgehead atoms. The quantitative estimate of drug-likeness (QED) is 0.466. The third-order valence-corrected chi connectivity index (χ3v) is 5.61. The van der Waals surface area contributed by atoms with Gasteiger partial charge >= 0.3 is 6.18 Å². The van der Waals surface area contributed by atoms with Gasteiger partial charge in [0.2, 0.25) is 0 Å². The summed E-state index contributed by atoms with van der Waals surface area (Å²) in [5.41, 5.74) is 3.27. The Morgan fingerprint density at radius 3 is 2.34 bits per heavy atom. The molecule has 2 heterocycles. The first kappa shape index (κ1) is 21.9. The van der Waals surface area contributed by atoms with E-state index < -0.39 is 12.2 Å². The van der Waals surface area contributed by atoms with E-state index in [1.54, 1.807) is 28.0 Å². The highest BCUT2D eigenvalue weighted by atomic mass is 19.4. The van der Waals surface area contributed by atoms with Crippen LogP contribution in [0.25, 0.3) is 16.7 Å². The van der Waals surface area contributed by atoms with Crippen LogP contribution in [-0.4, -0.2) is 32.6 Å². The van der Waals surface area contributed by atoms with Crippen molar-refractivity contribution in [3.8, 4) is 11.4 Å². The van der Waals surface area contributed by atoms with Crippen LogP contribution in [0.4, 0.5) is 13.2 Å². The Balaban J connectivity index is 1.75. The van der Waals surface area contributed by atoms with Gasteiger partial charge in [0, 0.05) is 24.0 Å². The van der Waals surface area contributed by atoms with Crippen molar-refractivity contribution in [2.24, 2.45) is 7.05 Å². The molecule has 0 saturated heterocycles. The molecule has 2 aromatic heterocycles. The van der Waals surface area contributed by atoms with Gasteiger partial charge in [0.05, 0.1) is 30.4 Å². The molecule has 0 unspecified atom stereocenters. The minimum absolute atomic E-state index is 0.0847. The second-order valence-corrected chi connectivity index (χ2v) is 7.61. The number of benzene rings is 2. The van der Waals surface area contributed by atoms with Gasteiger partial charge in [-0.1, -0.05) is 12.1 Å². The lowest BCUT2D eigenvalue weighted by molar-refractivity contribution is -0.158. The number of alkyl halides is 3. The summed E-state index contributed by atoms with van der Waals surface area (Å²) in [4.78, 5) is 4.61. The standard InChI is InChI=1S/C23H24F3N5O/c1-14-21(15(2)30(3)29-14)22(23(24,25)26)27-13-20-28-18-7-5-6-8-19(18)31(20)16-9-11-17(32-4)12-10-16/h5-12,22,27H,13H2,1-4H3/t22-/m1/s1. The van der Waals surface area contributed by atoms with E-state index in [1.807, 2.05) is 53.1 Å². The summed E-state index contributed by atoms with van der Waals surface area (Å²) in [6.07, 6.45) is -4.49. The topological polar surface area (TPSA) is 56.9 Å². The number of rotatable bonds is 6. The molecule has 0 aliphatic heterocycles. The Labute approximate surface area is 183 Å². The van der Waals surface area contributed by atoms with Gasteiger partial charge in [-0.2, -0.15) is 18.3 Å². The number of para-hydroxylation sites is 2. The van der Waals surface area contributed by atoms with Crippen LogP contribution in [0, 0.1) is 13.8 Å². The summed E-state index contributed by atoms with van der Waals surface area (Å²) in [7, 11) is 3.22. The molecule has 6 nitrogen and oxygen atoms in total. The molecule has 4 rings (SSSR count). The summed E-state index contributed by atoms with van der Waals surface area (Å²) in [5, 5.41) is 6.85. The van der Waals surface area contributed by atoms with Crippen LogP contribution >= 0.6 is 0 Å². The highest BCUT2D eigenvalue weighted by Gasteiger charge is 2.43. The molecule has 9 heteroatoms. The monoisotopic (exact) mass is 443 g/mol. The van der Waals surface area contributed by atoms with Crippen molar-refractivity contribution in [1.29, 1.82) is 0 Å². The molecular weight excluding hydrogens is 419 g/mol. The van der Waals surface area contributed by atoms with Gasteiger partial charge < -0.3 is 4.74 Å². The number of nitrogens with one attached hydrogen (secondary N) is 1. The molecule has 168 valence electrons. The van der Waals surface area contributed by atoms with E-state index in [9.17, 15) is 13.2 Å². The Bertz CT molecular complexity index is 1240. The van der Waals surface area contributed by atoms with E-state index in [2.05, 4.69) is 15.4 Å². The zero-order chi connectivity index (χ0) is 23.0. The lowest BCUT2D eigenvalue weighted by atomic mass is 10.0. The van der Waals surface area contributed by atoms with Gasteiger partial charge in [0.15, 0.2) is 0 Å². The van der Waals surface area contributed by atoms with E-state index in [0.717, 1.165) is 11.2 Å². The van der Waals surface area contributed by atoms with Crippen molar-refractivity contribution in [3.63, 3.8) is 0 Å². The maximum atomic E-state index is 14.0. The summed E-state index contributed by atoms with van der Waals surface area (Å²) in [6.45, 7) is 3.15. The van der Waals surface area contributed by atoms with Crippen molar-refractivity contribution in [2.75, 3.05) is 7.11 Å². The first-order valence-corrected chi connectivity index (χ1v) is 10.1. The Morgan fingerprint density at radius 2 is 1.75 bits per heavy atom. The van der Waals surface area contributed by atoms with Crippen molar-refractivity contribution >= 4 is 11.0 Å². The summed E-state index contributed by atoms with van der Waals surface area (Å²) < 4.78 is 50.7. The van der Waals surface area contributed by atoms with Gasteiger partial charge in [-0.3, -0.25) is 14.6 Å². The number of hydrogen-bond acceptors (Lipinski definition) is 4. The molecule has 4 aromatic rings. The predicted molar refractivity (Wildman–Crippen MR) is 116 cm³/mol. The normalized spacial score (nSPS) is 13.0. The highest BCUT2D eigenvalue weighted by molar-refractivity contribution is 5.78. The third kappa shape index (κ3) is 3.95. The van der Waals surface area contributed by atoms with Crippen LogP contribution in [-0.2, 0) is 13.6 Å². The molecule has 1 atom stereocenters. The molecule has 0 aliphatic carbocycles. The van der Waals surface area contributed by atoms with Crippen molar-refractivity contribution in [1.82, 2.24) is 24.6 Å². The molecule has 32 heavy (non-hydrogen) atoms. The molecule has 1 N–H and O–H groups in total. The van der Waals surface area contributed by atoms with Crippen LogP contribution in [0.15, 0.2) is 48.5 Å². The average molecular weight is 443 g/mol. The van der Waals surface area contributed by atoms with E-state index in [4.69, 9.17) is 4.74 Å². The fourth-order valence-corrected chi connectivity index (χ4v) is 4.00. The van der Waals surface area contributed by atoms with Crippen molar-refractivity contribution in [2.45, 2.75) is 32.6 Å². The lowest BCUT2D eigenvalue weighted by Gasteiger charge is -2.22. The maximum absolute atomic E-state index is 14.0. The van der Waals surface area contributed by atoms with Gasteiger partial charge in [0.1, 0.15) is 17.6 Å². The number of aromatic nitrogens is 4. The Hall–Kier alpha value is -3.33. The highest BCUT2D eigenvalue weighted by Crippen LogP contribution is 2.36. The van der Waals surface area contributed by atoms with E-state index >= 15 is 0 Å². The number of fused-ring (bicyclic) bond motifs is 1. The summed E-state index contributed by atoms with van der Waals surface area (Å²) in [5.74, 6) is 1.17. The van der Waals surface area contributed by atoms with Crippen LogP contribution < -0.4 is 10.1 Å². The zero-order valence-corrected chi connectivity index (χ0v) is 18.2. The molecule has 0 saturated carbocycles. The average Bonchev–Trinajstić information content (AvgIpc) is 3.24. The second-order valence-electron chi connectivity index (χ2n) is 7.61. The molecule has 2 aromatic carbocycles. The number of aryl methyl sites for hydroxylation is 2. The third-order valence-electron chi connectivity index (χ3n) is 5.61. The Morgan fingerprint density at radius 1 is 1.06 bits per heavy atom. The van der Waals surface area contributed by atoms with Crippen molar-refractivity contribution in [3.05, 3.63) is 71.3 Å². The van der Waals surface area contributed by atoms with Crippen LogP contribution in [0.1, 0.15) is 28.8 Å². The number of imidazole rings is 1. The second kappa shape index (κ2) is 8.31. The fraction of sp³-hybridized carbons (Fsp3) is 0.304. The molecule has 0 aliphatic rings. The summed E-state index contributed by atoms with van der Waals surface area (Å²) in [6, 6.07) is 12.9. The first-order chi connectivity index (χ1) is 15.2. The number of nitrogens with zero attached hydrogens (tertiary/aromatic N) is 4. The number of methoxy groups -OCH3 is 1. The minimum Gasteiger partial charge on any atom is -0.497 e. The summed E-state index contributed by atoms with van der Waals surface area (Å²) >= 11 is 0. The number of ether oxygens (including phenoxy) is 1. The molecular formula is C23H24F3N5O. The predicted octanol–water partition coefficient (Wildman–Crippen LogP) is 4.78. The van der Waals surface area contributed by atoms with E-state index in [1.165, 1.54) is 4.68 Å². The van der Waals surface area contributed by atoms with E-state index in [0.29, 0.717) is 28.5 Å². The van der Waals surface area contributed by atoms with Gasteiger partial charge in [-0.25, -0.2) is 4.98 Å². The molecule has 0 radical (unpaired) electrons. The molecule has 0 amide bonds. The van der Waals surface area contributed by atoms with Crippen LogP contribution in [0.5, 0.6) is 5.75 Å². The number of hydrogen-bond donors (Lipinski definition) is 1. The molecule has 0 fully saturated rings. The smallest absolute Gasteiger partial charge is 0.408 e. The zero-order valence-electron chi connectivity index (χ0n) is 18.2.